The van der Waals surface area contributed by atoms with Gasteiger partial charge in [-0.15, -0.1) is 0 Å². The number of rotatable bonds is 4. The van der Waals surface area contributed by atoms with Crippen LogP contribution in [0.5, 0.6) is 11.5 Å². The Morgan fingerprint density at radius 2 is 1.72 bits per heavy atom. The Balaban J connectivity index is 1.43. The van der Waals surface area contributed by atoms with Gasteiger partial charge in [-0.25, -0.2) is 0 Å². The lowest BCUT2D eigenvalue weighted by Crippen LogP contribution is -2.39. The fourth-order valence-electron chi connectivity index (χ4n) is 4.05. The first kappa shape index (κ1) is 18.2. The molecule has 5 rings (SSSR count). The standard InChI is InChI=1S/C23H25N3O3/c1-16-19(11-24-25(16)2)12-26-13-22(17-6-4-3-5-7-17)29-23(14-26)18-8-9-20-21(10-18)28-15-27-20/h3-11,22-23H,12-15H2,1-2H3/t22-,23+/m0/s1. The molecule has 0 bridgehead atoms. The zero-order valence-electron chi connectivity index (χ0n) is 16.7. The van der Waals surface area contributed by atoms with Crippen molar-refractivity contribution in [1.29, 1.82) is 0 Å². The third-order valence-electron chi connectivity index (χ3n) is 5.85. The Bertz CT molecular complexity index is 1000. The summed E-state index contributed by atoms with van der Waals surface area (Å²) in [6.45, 7) is 4.92. The van der Waals surface area contributed by atoms with Gasteiger partial charge >= 0.3 is 0 Å². The predicted molar refractivity (Wildman–Crippen MR) is 109 cm³/mol. The highest BCUT2D eigenvalue weighted by molar-refractivity contribution is 5.45. The highest BCUT2D eigenvalue weighted by Gasteiger charge is 2.31. The molecule has 1 saturated heterocycles. The molecule has 6 nitrogen and oxygen atoms in total. The molecule has 0 amide bonds. The number of hydrogen-bond donors (Lipinski definition) is 0. The number of morpholine rings is 1. The van der Waals surface area contributed by atoms with E-state index < -0.39 is 0 Å². The summed E-state index contributed by atoms with van der Waals surface area (Å²) in [5.74, 6) is 1.59. The molecular formula is C23H25N3O3. The molecule has 1 aromatic heterocycles. The van der Waals surface area contributed by atoms with E-state index in [9.17, 15) is 0 Å². The molecular weight excluding hydrogens is 366 g/mol. The molecule has 2 atom stereocenters. The van der Waals surface area contributed by atoms with Crippen molar-refractivity contribution in [3.63, 3.8) is 0 Å². The van der Waals surface area contributed by atoms with Crippen LogP contribution in [0.25, 0.3) is 0 Å². The molecule has 0 saturated carbocycles. The van der Waals surface area contributed by atoms with Crippen molar-refractivity contribution in [3.8, 4) is 11.5 Å². The van der Waals surface area contributed by atoms with E-state index in [2.05, 4.69) is 47.3 Å². The number of ether oxygens (including phenoxy) is 3. The van der Waals surface area contributed by atoms with Crippen LogP contribution in [-0.2, 0) is 18.3 Å². The van der Waals surface area contributed by atoms with E-state index in [-0.39, 0.29) is 19.0 Å². The lowest BCUT2D eigenvalue weighted by Gasteiger charge is -2.38. The first-order chi connectivity index (χ1) is 14.2. The van der Waals surface area contributed by atoms with Crippen molar-refractivity contribution >= 4 is 0 Å². The van der Waals surface area contributed by atoms with Crippen LogP contribution in [0, 0.1) is 6.92 Å². The van der Waals surface area contributed by atoms with Crippen molar-refractivity contribution in [3.05, 3.63) is 77.1 Å². The minimum atomic E-state index is -0.0413. The Hall–Kier alpha value is -2.83. The van der Waals surface area contributed by atoms with E-state index in [1.165, 1.54) is 16.8 Å². The van der Waals surface area contributed by atoms with E-state index in [0.29, 0.717) is 0 Å². The summed E-state index contributed by atoms with van der Waals surface area (Å²) < 4.78 is 19.5. The number of hydrogen-bond acceptors (Lipinski definition) is 5. The van der Waals surface area contributed by atoms with Crippen molar-refractivity contribution in [1.82, 2.24) is 14.7 Å². The smallest absolute Gasteiger partial charge is 0.231 e. The number of aromatic nitrogens is 2. The Morgan fingerprint density at radius 1 is 0.966 bits per heavy atom. The van der Waals surface area contributed by atoms with Crippen LogP contribution < -0.4 is 9.47 Å². The Morgan fingerprint density at radius 3 is 2.48 bits per heavy atom. The van der Waals surface area contributed by atoms with Gasteiger partial charge in [0.05, 0.1) is 18.4 Å². The average Bonchev–Trinajstić information content (AvgIpc) is 3.35. The van der Waals surface area contributed by atoms with Gasteiger partial charge in [0.2, 0.25) is 6.79 Å². The monoisotopic (exact) mass is 391 g/mol. The van der Waals surface area contributed by atoms with Crippen molar-refractivity contribution in [2.45, 2.75) is 25.7 Å². The van der Waals surface area contributed by atoms with Crippen LogP contribution >= 0.6 is 0 Å². The van der Waals surface area contributed by atoms with Crippen molar-refractivity contribution in [2.75, 3.05) is 19.9 Å². The average molecular weight is 391 g/mol. The highest BCUT2D eigenvalue weighted by atomic mass is 16.7. The summed E-state index contributed by atoms with van der Waals surface area (Å²) in [7, 11) is 1.99. The molecule has 2 aliphatic rings. The van der Waals surface area contributed by atoms with Crippen molar-refractivity contribution < 1.29 is 14.2 Å². The molecule has 29 heavy (non-hydrogen) atoms. The molecule has 150 valence electrons. The van der Waals surface area contributed by atoms with Gasteiger partial charge in [-0.05, 0) is 30.2 Å². The van der Waals surface area contributed by atoms with Gasteiger partial charge in [0, 0.05) is 37.9 Å². The van der Waals surface area contributed by atoms with E-state index in [1.807, 2.05) is 36.1 Å². The second-order valence-electron chi connectivity index (χ2n) is 7.71. The van der Waals surface area contributed by atoms with Gasteiger partial charge in [0.1, 0.15) is 0 Å². The molecule has 1 fully saturated rings. The molecule has 3 heterocycles. The van der Waals surface area contributed by atoms with Crippen LogP contribution in [0.15, 0.2) is 54.7 Å². The van der Waals surface area contributed by atoms with Crippen LogP contribution in [0.3, 0.4) is 0 Å². The van der Waals surface area contributed by atoms with Crippen LogP contribution in [0.1, 0.15) is 34.6 Å². The number of aryl methyl sites for hydroxylation is 1. The quantitative estimate of drug-likeness (QED) is 0.678. The Labute approximate surface area is 170 Å². The van der Waals surface area contributed by atoms with Gasteiger partial charge < -0.3 is 14.2 Å². The molecule has 0 aliphatic carbocycles. The lowest BCUT2D eigenvalue weighted by atomic mass is 10.0. The van der Waals surface area contributed by atoms with Crippen LogP contribution in [0.2, 0.25) is 0 Å². The van der Waals surface area contributed by atoms with Gasteiger partial charge in [-0.2, -0.15) is 5.10 Å². The third kappa shape index (κ3) is 3.61. The highest BCUT2D eigenvalue weighted by Crippen LogP contribution is 2.39. The maximum absolute atomic E-state index is 6.56. The maximum atomic E-state index is 6.56. The van der Waals surface area contributed by atoms with Gasteiger partial charge in [-0.3, -0.25) is 9.58 Å². The summed E-state index contributed by atoms with van der Waals surface area (Å²) >= 11 is 0. The maximum Gasteiger partial charge on any atom is 0.231 e. The zero-order valence-corrected chi connectivity index (χ0v) is 16.7. The summed E-state index contributed by atoms with van der Waals surface area (Å²) in [4.78, 5) is 2.46. The number of benzene rings is 2. The minimum Gasteiger partial charge on any atom is -0.454 e. The van der Waals surface area contributed by atoms with Gasteiger partial charge in [-0.1, -0.05) is 36.4 Å². The van der Waals surface area contributed by atoms with E-state index in [0.717, 1.165) is 36.7 Å². The van der Waals surface area contributed by atoms with Gasteiger partial charge in [0.15, 0.2) is 11.5 Å². The molecule has 2 aromatic carbocycles. The number of nitrogens with zero attached hydrogens (tertiary/aromatic N) is 3. The second-order valence-corrected chi connectivity index (χ2v) is 7.71. The second kappa shape index (κ2) is 7.54. The topological polar surface area (TPSA) is 48.8 Å². The first-order valence-corrected chi connectivity index (χ1v) is 9.97. The van der Waals surface area contributed by atoms with Crippen LogP contribution in [-0.4, -0.2) is 34.6 Å². The lowest BCUT2D eigenvalue weighted by molar-refractivity contribution is -0.0923. The summed E-state index contributed by atoms with van der Waals surface area (Å²) in [5, 5.41) is 4.40. The Kier molecular flexibility index (Phi) is 4.73. The summed E-state index contributed by atoms with van der Waals surface area (Å²) in [6, 6.07) is 16.6. The third-order valence-corrected chi connectivity index (χ3v) is 5.85. The minimum absolute atomic E-state index is 0.0114. The number of fused-ring (bicyclic) bond motifs is 1. The predicted octanol–water partition coefficient (Wildman–Crippen LogP) is 3.77. The molecule has 0 N–H and O–H groups in total. The molecule has 2 aliphatic heterocycles. The fraction of sp³-hybridized carbons (Fsp3) is 0.348. The van der Waals surface area contributed by atoms with E-state index in [1.54, 1.807) is 0 Å². The largest absolute Gasteiger partial charge is 0.454 e. The van der Waals surface area contributed by atoms with Crippen molar-refractivity contribution in [2.24, 2.45) is 7.05 Å². The van der Waals surface area contributed by atoms with E-state index in [4.69, 9.17) is 14.2 Å². The van der Waals surface area contributed by atoms with Crippen LogP contribution in [0.4, 0.5) is 0 Å². The van der Waals surface area contributed by atoms with E-state index >= 15 is 0 Å². The first-order valence-electron chi connectivity index (χ1n) is 9.97. The molecule has 0 spiro atoms. The summed E-state index contributed by atoms with van der Waals surface area (Å²) in [6.07, 6.45) is 1.94. The fourth-order valence-corrected chi connectivity index (χ4v) is 4.05. The summed E-state index contributed by atoms with van der Waals surface area (Å²) in [5.41, 5.74) is 4.77. The molecule has 0 unspecified atom stereocenters. The van der Waals surface area contributed by atoms with Gasteiger partial charge in [0.25, 0.3) is 0 Å². The SMILES string of the molecule is Cc1c(CN2C[C@@H](c3ccccc3)O[C@@H](c3ccc4c(c3)OCO4)C2)cnn1C. The molecule has 3 aromatic rings. The molecule has 0 radical (unpaired) electrons. The normalized spacial score (nSPS) is 21.4. The zero-order chi connectivity index (χ0) is 19.8. The molecule has 6 heteroatoms.